The van der Waals surface area contributed by atoms with Crippen molar-refractivity contribution in [2.45, 2.75) is 20.8 Å². The standard InChI is InChI=1S/3C12H11N.Ir/c3*1-10-5-7-11(8-6-10)12-4-2-3-9-13-12;/h3*2-9H,1H3;. The minimum atomic E-state index is 0. The van der Waals surface area contributed by atoms with Crippen LogP contribution in [0.25, 0.3) is 33.8 Å². The molecule has 0 aliphatic heterocycles. The molecule has 0 unspecified atom stereocenters. The van der Waals surface area contributed by atoms with Gasteiger partial charge in [0.2, 0.25) is 0 Å². The summed E-state index contributed by atoms with van der Waals surface area (Å²) in [7, 11) is 0. The van der Waals surface area contributed by atoms with Crippen molar-refractivity contribution in [3.05, 3.63) is 163 Å². The zero-order valence-electron chi connectivity index (χ0n) is 23.0. The van der Waals surface area contributed by atoms with Crippen LogP contribution in [0, 0.1) is 20.8 Å². The first-order chi connectivity index (χ1) is 19.1. The molecule has 1 radical (unpaired) electrons. The predicted molar refractivity (Wildman–Crippen MR) is 163 cm³/mol. The summed E-state index contributed by atoms with van der Waals surface area (Å²) in [6.45, 7) is 6.26. The molecule has 40 heavy (non-hydrogen) atoms. The van der Waals surface area contributed by atoms with E-state index in [4.69, 9.17) is 0 Å². The van der Waals surface area contributed by atoms with Gasteiger partial charge in [0, 0.05) is 55.4 Å². The van der Waals surface area contributed by atoms with E-state index in [-0.39, 0.29) is 20.1 Å². The summed E-state index contributed by atoms with van der Waals surface area (Å²) < 4.78 is 0. The number of benzene rings is 3. The molecule has 0 atom stereocenters. The number of rotatable bonds is 3. The number of nitrogens with zero attached hydrogens (tertiary/aromatic N) is 3. The van der Waals surface area contributed by atoms with E-state index in [1.807, 2.05) is 73.2 Å². The fraction of sp³-hybridized carbons (Fsp3) is 0.0833. The van der Waals surface area contributed by atoms with Gasteiger partial charge in [0.05, 0.1) is 17.1 Å². The molecule has 0 saturated carbocycles. The molecule has 0 saturated heterocycles. The molecule has 0 fully saturated rings. The summed E-state index contributed by atoms with van der Waals surface area (Å²) in [6.07, 6.45) is 5.44. The Bertz CT molecular complexity index is 1330. The van der Waals surface area contributed by atoms with E-state index in [1.165, 1.54) is 33.4 Å². The number of hydrogen-bond donors (Lipinski definition) is 0. The van der Waals surface area contributed by atoms with Crippen LogP contribution in [0.15, 0.2) is 146 Å². The maximum atomic E-state index is 4.28. The van der Waals surface area contributed by atoms with Crippen molar-refractivity contribution in [2.24, 2.45) is 0 Å². The van der Waals surface area contributed by atoms with E-state index in [9.17, 15) is 0 Å². The third-order valence-corrected chi connectivity index (χ3v) is 6.04. The van der Waals surface area contributed by atoms with Crippen LogP contribution >= 0.6 is 0 Å². The summed E-state index contributed by atoms with van der Waals surface area (Å²) >= 11 is 0. The molecule has 201 valence electrons. The van der Waals surface area contributed by atoms with E-state index in [1.54, 1.807) is 0 Å². The largest absolute Gasteiger partial charge is 0.256 e. The van der Waals surface area contributed by atoms with Crippen molar-refractivity contribution >= 4 is 0 Å². The van der Waals surface area contributed by atoms with Crippen molar-refractivity contribution in [2.75, 3.05) is 0 Å². The quantitative estimate of drug-likeness (QED) is 0.185. The molecule has 3 aromatic heterocycles. The van der Waals surface area contributed by atoms with Crippen molar-refractivity contribution < 1.29 is 20.1 Å². The minimum absolute atomic E-state index is 0. The first-order valence-electron chi connectivity index (χ1n) is 13.0. The Morgan fingerprint density at radius 3 is 0.775 bits per heavy atom. The Balaban J connectivity index is 0.000000163. The molecule has 4 heteroatoms. The molecular formula is C36H33IrN3. The molecule has 0 spiro atoms. The van der Waals surface area contributed by atoms with Gasteiger partial charge in [0.25, 0.3) is 0 Å². The molecule has 6 rings (SSSR count). The average Bonchev–Trinajstić information content (AvgIpc) is 3.00. The molecule has 0 N–H and O–H groups in total. The summed E-state index contributed by atoms with van der Waals surface area (Å²) in [5.41, 5.74) is 10.4. The number of aryl methyl sites for hydroxylation is 3. The molecule has 3 heterocycles. The van der Waals surface area contributed by atoms with Crippen molar-refractivity contribution in [3.8, 4) is 33.8 Å². The van der Waals surface area contributed by atoms with Crippen molar-refractivity contribution in [1.82, 2.24) is 15.0 Å². The van der Waals surface area contributed by atoms with Crippen LogP contribution in [0.5, 0.6) is 0 Å². The van der Waals surface area contributed by atoms with Gasteiger partial charge in [-0.25, -0.2) is 0 Å². The van der Waals surface area contributed by atoms with Gasteiger partial charge in [-0.15, -0.1) is 0 Å². The summed E-state index contributed by atoms with van der Waals surface area (Å²) in [5, 5.41) is 0. The maximum Gasteiger partial charge on any atom is 0.0701 e. The van der Waals surface area contributed by atoms with Gasteiger partial charge in [-0.05, 0) is 57.2 Å². The smallest absolute Gasteiger partial charge is 0.0701 e. The minimum Gasteiger partial charge on any atom is -0.256 e. The fourth-order valence-electron chi connectivity index (χ4n) is 3.77. The zero-order chi connectivity index (χ0) is 27.3. The maximum absolute atomic E-state index is 4.28. The van der Waals surface area contributed by atoms with Crippen LogP contribution in [0.4, 0.5) is 0 Å². The predicted octanol–water partition coefficient (Wildman–Crippen LogP) is 9.17. The molecule has 0 aliphatic carbocycles. The second-order valence-electron chi connectivity index (χ2n) is 9.24. The van der Waals surface area contributed by atoms with Crippen LogP contribution in [-0.2, 0) is 20.1 Å². The second-order valence-corrected chi connectivity index (χ2v) is 9.24. The Kier molecular flexibility index (Phi) is 12.1. The fourth-order valence-corrected chi connectivity index (χ4v) is 3.77. The van der Waals surface area contributed by atoms with Crippen LogP contribution in [0.2, 0.25) is 0 Å². The van der Waals surface area contributed by atoms with Gasteiger partial charge < -0.3 is 0 Å². The third-order valence-electron chi connectivity index (χ3n) is 6.04. The van der Waals surface area contributed by atoms with Gasteiger partial charge in [-0.1, -0.05) is 108 Å². The third kappa shape index (κ3) is 9.50. The first-order valence-corrected chi connectivity index (χ1v) is 13.0. The molecule has 0 bridgehead atoms. The van der Waals surface area contributed by atoms with Crippen LogP contribution in [0.3, 0.4) is 0 Å². The Hall–Kier alpha value is -4.24. The zero-order valence-corrected chi connectivity index (χ0v) is 25.4. The number of pyridine rings is 3. The van der Waals surface area contributed by atoms with Crippen molar-refractivity contribution in [1.29, 1.82) is 0 Å². The monoisotopic (exact) mass is 700 g/mol. The number of aromatic nitrogens is 3. The molecule has 3 aromatic carbocycles. The van der Waals surface area contributed by atoms with E-state index < -0.39 is 0 Å². The Morgan fingerprint density at radius 2 is 0.575 bits per heavy atom. The topological polar surface area (TPSA) is 38.7 Å². The molecule has 0 aliphatic rings. The summed E-state index contributed by atoms with van der Waals surface area (Å²) in [6, 6.07) is 43.0. The molecule has 6 aromatic rings. The van der Waals surface area contributed by atoms with Crippen LogP contribution in [-0.4, -0.2) is 15.0 Å². The van der Waals surface area contributed by atoms with Gasteiger partial charge in [0.1, 0.15) is 0 Å². The second kappa shape index (κ2) is 16.0. The van der Waals surface area contributed by atoms with E-state index in [0.29, 0.717) is 0 Å². The van der Waals surface area contributed by atoms with E-state index in [2.05, 4.69) is 109 Å². The summed E-state index contributed by atoms with van der Waals surface area (Å²) in [5.74, 6) is 0. The molecule has 0 amide bonds. The van der Waals surface area contributed by atoms with Gasteiger partial charge in [-0.2, -0.15) is 0 Å². The van der Waals surface area contributed by atoms with E-state index in [0.717, 1.165) is 17.1 Å². The SMILES string of the molecule is Cc1ccc(-c2ccccn2)cc1.Cc1ccc(-c2ccccn2)cc1.Cc1ccc(-c2ccccn2)cc1.[Ir]. The Labute approximate surface area is 251 Å². The van der Waals surface area contributed by atoms with Gasteiger partial charge in [-0.3, -0.25) is 15.0 Å². The Morgan fingerprint density at radius 1 is 0.325 bits per heavy atom. The molecular weight excluding hydrogens is 667 g/mol. The first kappa shape index (κ1) is 30.3. The molecule has 3 nitrogen and oxygen atoms in total. The van der Waals surface area contributed by atoms with Crippen LogP contribution < -0.4 is 0 Å². The van der Waals surface area contributed by atoms with Gasteiger partial charge in [0.15, 0.2) is 0 Å². The van der Waals surface area contributed by atoms with Crippen molar-refractivity contribution in [3.63, 3.8) is 0 Å². The number of hydrogen-bond acceptors (Lipinski definition) is 3. The van der Waals surface area contributed by atoms with E-state index >= 15 is 0 Å². The average molecular weight is 700 g/mol. The summed E-state index contributed by atoms with van der Waals surface area (Å²) in [4.78, 5) is 12.8. The van der Waals surface area contributed by atoms with Gasteiger partial charge >= 0.3 is 0 Å². The normalized spacial score (nSPS) is 9.68. The van der Waals surface area contributed by atoms with Crippen LogP contribution in [0.1, 0.15) is 16.7 Å².